The smallest absolute Gasteiger partial charge is 0.407 e. The van der Waals surface area contributed by atoms with Crippen molar-refractivity contribution in [2.75, 3.05) is 52.6 Å². The van der Waals surface area contributed by atoms with Crippen molar-refractivity contribution in [2.45, 2.75) is 12.5 Å². The minimum Gasteiger partial charge on any atom is -0.465 e. The molecule has 0 aromatic carbocycles. The Kier molecular flexibility index (Phi) is 5.01. The van der Waals surface area contributed by atoms with E-state index < -0.39 is 6.09 Å². The zero-order valence-corrected chi connectivity index (χ0v) is 18.5. The van der Waals surface area contributed by atoms with Gasteiger partial charge in [-0.25, -0.2) is 14.8 Å². The van der Waals surface area contributed by atoms with E-state index in [0.29, 0.717) is 13.0 Å². The van der Waals surface area contributed by atoms with Crippen LogP contribution in [-0.2, 0) is 0 Å². The van der Waals surface area contributed by atoms with Gasteiger partial charge in [0.25, 0.3) is 0 Å². The van der Waals surface area contributed by atoms with Gasteiger partial charge in [-0.15, -0.1) is 0 Å². The van der Waals surface area contributed by atoms with Crippen LogP contribution < -0.4 is 5.32 Å². The van der Waals surface area contributed by atoms with Gasteiger partial charge in [0.1, 0.15) is 16.7 Å². The molecule has 5 rings (SSSR count). The van der Waals surface area contributed by atoms with Gasteiger partial charge in [-0.05, 0) is 24.8 Å². The Hall–Kier alpha value is -3.53. The van der Waals surface area contributed by atoms with E-state index in [1.807, 2.05) is 14.1 Å². The third kappa shape index (κ3) is 3.46. The maximum atomic E-state index is 11.8. The highest BCUT2D eigenvalue weighted by Crippen LogP contribution is 2.32. The number of rotatable bonds is 4. The number of hydrogen-bond donors (Lipinski definition) is 4. The van der Waals surface area contributed by atoms with Gasteiger partial charge in [0.15, 0.2) is 5.82 Å². The summed E-state index contributed by atoms with van der Waals surface area (Å²) < 4.78 is 0. The molecule has 1 fully saturated rings. The van der Waals surface area contributed by atoms with E-state index in [9.17, 15) is 9.90 Å². The van der Waals surface area contributed by atoms with Gasteiger partial charge in [-0.2, -0.15) is 0 Å². The Morgan fingerprint density at radius 3 is 2.97 bits per heavy atom. The lowest BCUT2D eigenvalue weighted by molar-refractivity contribution is 0.0754. The summed E-state index contributed by atoms with van der Waals surface area (Å²) in [6.45, 7) is 2.80. The Morgan fingerprint density at radius 1 is 1.34 bits per heavy atom. The maximum Gasteiger partial charge on any atom is 0.407 e. The third-order valence-corrected chi connectivity index (χ3v) is 6.47. The molecule has 3 aromatic heterocycles. The van der Waals surface area contributed by atoms with Crippen LogP contribution in [-0.4, -0.2) is 99.2 Å². The predicted molar refractivity (Wildman–Crippen MR) is 125 cm³/mol. The van der Waals surface area contributed by atoms with Crippen molar-refractivity contribution in [3.8, 4) is 0 Å². The van der Waals surface area contributed by atoms with Crippen LogP contribution in [0.5, 0.6) is 0 Å². The van der Waals surface area contributed by atoms with E-state index in [4.69, 9.17) is 4.98 Å². The predicted octanol–water partition coefficient (Wildman–Crippen LogP) is 2.38. The first kappa shape index (κ1) is 20.4. The fourth-order valence-electron chi connectivity index (χ4n) is 4.68. The van der Waals surface area contributed by atoms with Gasteiger partial charge in [-0.3, -0.25) is 0 Å². The molecule has 0 aliphatic carbocycles. The number of piperazine rings is 1. The van der Waals surface area contributed by atoms with Crippen LogP contribution in [0.4, 0.5) is 10.6 Å². The molecule has 3 aromatic rings. The second-order valence-electron chi connectivity index (χ2n) is 8.55. The topological polar surface area (TPSA) is 116 Å². The molecule has 32 heavy (non-hydrogen) atoms. The van der Waals surface area contributed by atoms with Crippen molar-refractivity contribution >= 4 is 39.6 Å². The molecule has 0 spiro atoms. The van der Waals surface area contributed by atoms with Crippen molar-refractivity contribution in [1.82, 2.24) is 34.6 Å². The minimum absolute atomic E-state index is 0.0643. The summed E-state index contributed by atoms with van der Waals surface area (Å²) in [5.74, 6) is 0.752. The lowest BCUT2D eigenvalue weighted by Crippen LogP contribution is -2.54. The Morgan fingerprint density at radius 2 is 2.19 bits per heavy atom. The number of fused-ring (bicyclic) bond motifs is 3. The quantitative estimate of drug-likeness (QED) is 0.496. The zero-order chi connectivity index (χ0) is 22.4. The van der Waals surface area contributed by atoms with Crippen LogP contribution >= 0.6 is 0 Å². The Labute approximate surface area is 185 Å². The van der Waals surface area contributed by atoms with Crippen LogP contribution in [0, 0.1) is 0 Å². The van der Waals surface area contributed by atoms with Gasteiger partial charge in [-0.1, -0.05) is 6.08 Å². The molecule has 1 unspecified atom stereocenters. The molecular weight excluding hydrogens is 408 g/mol. The van der Waals surface area contributed by atoms with E-state index in [1.165, 1.54) is 0 Å². The Bertz CT molecular complexity index is 1240. The summed E-state index contributed by atoms with van der Waals surface area (Å²) in [5, 5.41) is 13.7. The monoisotopic (exact) mass is 436 g/mol. The van der Waals surface area contributed by atoms with E-state index in [0.717, 1.165) is 64.5 Å². The lowest BCUT2D eigenvalue weighted by atomic mass is 10.0. The number of likely N-dealkylation sites (N-methyl/N-ethyl adjacent to an activating group) is 2. The third-order valence-electron chi connectivity index (χ3n) is 6.47. The summed E-state index contributed by atoms with van der Waals surface area (Å²) in [6, 6.07) is 2.03. The molecule has 2 aliphatic heterocycles. The van der Waals surface area contributed by atoms with Gasteiger partial charge in [0.2, 0.25) is 0 Å². The molecule has 0 saturated carbocycles. The van der Waals surface area contributed by atoms with Crippen LogP contribution in [0.1, 0.15) is 12.1 Å². The van der Waals surface area contributed by atoms with Gasteiger partial charge >= 0.3 is 6.09 Å². The molecule has 1 atom stereocenters. The number of allylic oxidation sites excluding steroid dienone is 2. The fourth-order valence-corrected chi connectivity index (χ4v) is 4.68. The van der Waals surface area contributed by atoms with Crippen molar-refractivity contribution in [3.05, 3.63) is 35.9 Å². The molecule has 10 nitrogen and oxygen atoms in total. The van der Waals surface area contributed by atoms with E-state index in [2.05, 4.69) is 55.3 Å². The van der Waals surface area contributed by atoms with Crippen molar-refractivity contribution in [2.24, 2.45) is 0 Å². The summed E-state index contributed by atoms with van der Waals surface area (Å²) in [4.78, 5) is 33.5. The molecular formula is C22H28N8O2. The number of carboxylic acid groups (broad SMARTS) is 1. The van der Waals surface area contributed by atoms with Crippen molar-refractivity contribution in [3.63, 3.8) is 0 Å². The average molecular weight is 437 g/mol. The number of H-pyrrole nitrogens is 2. The van der Waals surface area contributed by atoms with Gasteiger partial charge in [0, 0.05) is 63.5 Å². The minimum atomic E-state index is -0.844. The SMILES string of the molecule is CNc1nc2[nH]c(C3=CCN(C)C(CC4CN(C)CCN4C(=O)O)=C3)cc2c2nc[nH]c12. The second-order valence-corrected chi connectivity index (χ2v) is 8.55. The van der Waals surface area contributed by atoms with Crippen LogP contribution in [0.2, 0.25) is 0 Å². The maximum absolute atomic E-state index is 11.8. The normalized spacial score (nSPS) is 20.0. The zero-order valence-electron chi connectivity index (χ0n) is 18.5. The van der Waals surface area contributed by atoms with Gasteiger partial charge in [0.05, 0.1) is 12.4 Å². The van der Waals surface area contributed by atoms with Crippen LogP contribution in [0.25, 0.3) is 27.6 Å². The number of nitrogens with one attached hydrogen (secondary N) is 3. The molecule has 5 heterocycles. The number of nitrogens with zero attached hydrogens (tertiary/aromatic N) is 5. The summed E-state index contributed by atoms with van der Waals surface area (Å²) in [7, 11) is 5.94. The number of imidazole rings is 1. The molecule has 1 amide bonds. The number of pyridine rings is 1. The lowest BCUT2D eigenvalue weighted by Gasteiger charge is -2.40. The highest BCUT2D eigenvalue weighted by Gasteiger charge is 2.30. The number of carbonyl (C=O) groups is 1. The van der Waals surface area contributed by atoms with E-state index in [1.54, 1.807) is 11.2 Å². The number of amides is 1. The van der Waals surface area contributed by atoms with Crippen LogP contribution in [0.15, 0.2) is 30.2 Å². The highest BCUT2D eigenvalue weighted by molar-refractivity contribution is 6.06. The highest BCUT2D eigenvalue weighted by atomic mass is 16.4. The standard InChI is InChI=1S/C22H28N8O2/c1-23-21-19-18(24-12-25-19)16-10-17(26-20(16)27-21)13-4-5-29(3)14(8-13)9-15-11-28(2)6-7-30(15)22(31)32/h4,8,10,12,15H,5-7,9,11H2,1-3H3,(H,24,25)(H,31,32)(H2,23,26,27). The average Bonchev–Trinajstić information content (AvgIpc) is 3.41. The molecule has 2 aliphatic rings. The first-order valence-corrected chi connectivity index (χ1v) is 10.8. The molecule has 10 heteroatoms. The molecule has 0 bridgehead atoms. The van der Waals surface area contributed by atoms with E-state index >= 15 is 0 Å². The number of aromatic nitrogens is 4. The largest absolute Gasteiger partial charge is 0.465 e. The second kappa shape index (κ2) is 7.86. The fraction of sp³-hybridized carbons (Fsp3) is 0.409. The van der Waals surface area contributed by atoms with Crippen molar-refractivity contribution in [1.29, 1.82) is 0 Å². The number of anilines is 1. The first-order valence-electron chi connectivity index (χ1n) is 10.8. The molecule has 4 N–H and O–H groups in total. The van der Waals surface area contributed by atoms with Crippen molar-refractivity contribution < 1.29 is 9.90 Å². The summed E-state index contributed by atoms with van der Waals surface area (Å²) in [6.07, 6.45) is 5.85. The van der Waals surface area contributed by atoms with Crippen LogP contribution in [0.3, 0.4) is 0 Å². The molecule has 0 radical (unpaired) electrons. The van der Waals surface area contributed by atoms with E-state index in [-0.39, 0.29) is 6.04 Å². The molecule has 1 saturated heterocycles. The summed E-state index contributed by atoms with van der Waals surface area (Å²) >= 11 is 0. The first-order chi connectivity index (χ1) is 15.4. The summed E-state index contributed by atoms with van der Waals surface area (Å²) in [5.41, 5.74) is 5.73. The molecule has 168 valence electrons. The van der Waals surface area contributed by atoms with Gasteiger partial charge < -0.3 is 35.1 Å². The Balaban J connectivity index is 1.48. The number of hydrogen-bond acceptors (Lipinski definition) is 6. The number of aromatic amines is 2.